The van der Waals surface area contributed by atoms with E-state index in [1.165, 1.54) is 19.9 Å². The van der Waals surface area contributed by atoms with Gasteiger partial charge in [0.15, 0.2) is 11.3 Å². The van der Waals surface area contributed by atoms with Gasteiger partial charge in [-0.15, -0.1) is 0 Å². The van der Waals surface area contributed by atoms with E-state index in [1.807, 2.05) is 0 Å². The molecule has 11 heteroatoms. The predicted molar refractivity (Wildman–Crippen MR) is 91.2 cm³/mol. The Bertz CT molecular complexity index is 1110. The molecule has 3 rings (SSSR count). The van der Waals surface area contributed by atoms with E-state index in [2.05, 4.69) is 20.2 Å². The molecular weight excluding hydrogens is 364 g/mol. The first-order valence-electron chi connectivity index (χ1n) is 7.61. The maximum absolute atomic E-state index is 12.2. The number of oxazole rings is 1. The van der Waals surface area contributed by atoms with Crippen molar-refractivity contribution in [3.63, 3.8) is 0 Å². The number of H-pyrrole nitrogens is 1. The molecule has 2 heterocycles. The number of aromatic nitrogens is 2. The molecule has 0 aliphatic carbocycles. The third-order valence-electron chi connectivity index (χ3n) is 3.59. The van der Waals surface area contributed by atoms with Crippen molar-refractivity contribution in [2.45, 2.75) is 25.2 Å². The van der Waals surface area contributed by atoms with Gasteiger partial charge in [0.2, 0.25) is 15.9 Å². The summed E-state index contributed by atoms with van der Waals surface area (Å²) in [7, 11) is -3.81. The summed E-state index contributed by atoms with van der Waals surface area (Å²) in [6.07, 6.45) is -0.0856. The molecule has 0 aliphatic rings. The minimum absolute atomic E-state index is 0.0224. The Balaban J connectivity index is 1.59. The predicted octanol–water partition coefficient (Wildman–Crippen LogP) is 1.03. The van der Waals surface area contributed by atoms with Crippen molar-refractivity contribution < 1.29 is 22.2 Å². The van der Waals surface area contributed by atoms with Crippen molar-refractivity contribution in [3.8, 4) is 0 Å². The zero-order valence-electron chi connectivity index (χ0n) is 14.0. The smallest absolute Gasteiger partial charge is 0.408 e. The second-order valence-corrected chi connectivity index (χ2v) is 7.28. The third-order valence-corrected chi connectivity index (χ3v) is 5.29. The number of hydrogen-bond acceptors (Lipinski definition) is 7. The molecule has 138 valence electrons. The minimum Gasteiger partial charge on any atom is -0.408 e. The molecule has 0 fully saturated rings. The van der Waals surface area contributed by atoms with Crippen LogP contribution >= 0.6 is 0 Å². The molecular formula is C15H16N4O6S. The molecule has 0 unspecified atom stereocenters. The molecule has 10 nitrogen and oxygen atoms in total. The lowest BCUT2D eigenvalue weighted by molar-refractivity contribution is -0.116. The summed E-state index contributed by atoms with van der Waals surface area (Å²) in [5, 5.41) is 6.21. The fraction of sp³-hybridized carbons (Fsp3) is 0.267. The van der Waals surface area contributed by atoms with Crippen molar-refractivity contribution in [1.29, 1.82) is 0 Å². The van der Waals surface area contributed by atoms with Crippen molar-refractivity contribution >= 4 is 32.7 Å². The van der Waals surface area contributed by atoms with E-state index in [-0.39, 0.29) is 29.3 Å². The number of carbonyl (C=O) groups excluding carboxylic acids is 1. The number of benzene rings is 1. The van der Waals surface area contributed by atoms with Crippen LogP contribution in [0.1, 0.15) is 17.9 Å². The number of carbonyl (C=O) groups is 1. The lowest BCUT2D eigenvalue weighted by atomic mass is 10.3. The van der Waals surface area contributed by atoms with Crippen LogP contribution in [0.3, 0.4) is 0 Å². The van der Waals surface area contributed by atoms with Crippen LogP contribution in [0.2, 0.25) is 0 Å². The number of aryl methyl sites for hydroxylation is 2. The molecule has 3 N–H and O–H groups in total. The average Bonchev–Trinajstić information content (AvgIpc) is 3.08. The Kier molecular flexibility index (Phi) is 4.66. The lowest BCUT2D eigenvalue weighted by Gasteiger charge is -2.07. The number of aromatic amines is 1. The second kappa shape index (κ2) is 6.77. The monoisotopic (exact) mass is 380 g/mol. The van der Waals surface area contributed by atoms with Gasteiger partial charge in [0.1, 0.15) is 10.6 Å². The third kappa shape index (κ3) is 3.68. The van der Waals surface area contributed by atoms with E-state index in [0.717, 1.165) is 0 Å². The zero-order chi connectivity index (χ0) is 18.9. The highest BCUT2D eigenvalue weighted by Crippen LogP contribution is 2.19. The van der Waals surface area contributed by atoms with Crippen molar-refractivity contribution in [2.75, 3.05) is 11.9 Å². The van der Waals surface area contributed by atoms with Crippen LogP contribution in [-0.2, 0) is 14.8 Å². The fourth-order valence-corrected chi connectivity index (χ4v) is 3.83. The molecule has 0 radical (unpaired) electrons. The first-order chi connectivity index (χ1) is 12.3. The van der Waals surface area contributed by atoms with E-state index >= 15 is 0 Å². The normalized spacial score (nSPS) is 11.8. The van der Waals surface area contributed by atoms with E-state index in [4.69, 9.17) is 8.94 Å². The van der Waals surface area contributed by atoms with Crippen LogP contribution in [0.25, 0.3) is 11.1 Å². The van der Waals surface area contributed by atoms with Gasteiger partial charge in [-0.25, -0.2) is 17.9 Å². The Labute approximate surface area is 147 Å². The van der Waals surface area contributed by atoms with Crippen LogP contribution in [0.5, 0.6) is 0 Å². The van der Waals surface area contributed by atoms with Gasteiger partial charge in [0, 0.05) is 24.7 Å². The largest absolute Gasteiger partial charge is 0.417 e. The van der Waals surface area contributed by atoms with Gasteiger partial charge in [-0.05, 0) is 26.0 Å². The number of sulfonamides is 1. The quantitative estimate of drug-likeness (QED) is 0.578. The van der Waals surface area contributed by atoms with E-state index in [0.29, 0.717) is 16.8 Å². The Hall–Kier alpha value is -2.92. The summed E-state index contributed by atoms with van der Waals surface area (Å²) in [4.78, 5) is 25.6. The van der Waals surface area contributed by atoms with Gasteiger partial charge in [-0.1, -0.05) is 5.16 Å². The highest BCUT2D eigenvalue weighted by Gasteiger charge is 2.23. The van der Waals surface area contributed by atoms with Crippen molar-refractivity contribution in [1.82, 2.24) is 14.9 Å². The van der Waals surface area contributed by atoms with E-state index < -0.39 is 21.7 Å². The van der Waals surface area contributed by atoms with Crippen LogP contribution in [0.15, 0.2) is 36.8 Å². The molecule has 0 saturated carbocycles. The molecule has 26 heavy (non-hydrogen) atoms. The summed E-state index contributed by atoms with van der Waals surface area (Å²) in [6.45, 7) is 2.92. The van der Waals surface area contributed by atoms with Gasteiger partial charge in [-0.2, -0.15) is 0 Å². The second-order valence-electron chi connectivity index (χ2n) is 5.57. The molecule has 0 atom stereocenters. The fourth-order valence-electron chi connectivity index (χ4n) is 2.48. The molecule has 1 aromatic carbocycles. The molecule has 3 aromatic rings. The number of hydrogen-bond donors (Lipinski definition) is 3. The summed E-state index contributed by atoms with van der Waals surface area (Å²) in [5.74, 6) is -0.804. The summed E-state index contributed by atoms with van der Waals surface area (Å²) >= 11 is 0. The number of nitrogens with zero attached hydrogens (tertiary/aromatic N) is 1. The van der Waals surface area contributed by atoms with Crippen LogP contribution in [0, 0.1) is 13.8 Å². The first-order valence-corrected chi connectivity index (χ1v) is 9.10. The van der Waals surface area contributed by atoms with Gasteiger partial charge >= 0.3 is 5.76 Å². The first kappa shape index (κ1) is 17.9. The summed E-state index contributed by atoms with van der Waals surface area (Å²) < 4.78 is 36.6. The average molecular weight is 380 g/mol. The van der Waals surface area contributed by atoms with E-state index in [1.54, 1.807) is 12.1 Å². The zero-order valence-corrected chi connectivity index (χ0v) is 14.8. The van der Waals surface area contributed by atoms with Crippen LogP contribution < -0.4 is 15.8 Å². The Morgan fingerprint density at radius 3 is 2.77 bits per heavy atom. The molecule has 2 aromatic heterocycles. The van der Waals surface area contributed by atoms with Crippen LogP contribution in [0.4, 0.5) is 5.69 Å². The number of anilines is 1. The highest BCUT2D eigenvalue weighted by atomic mass is 32.2. The molecule has 1 amide bonds. The summed E-state index contributed by atoms with van der Waals surface area (Å²) in [5.41, 5.74) is 1.51. The van der Waals surface area contributed by atoms with Gasteiger partial charge in [0.25, 0.3) is 0 Å². The number of amides is 1. The van der Waals surface area contributed by atoms with Gasteiger partial charge in [-0.3, -0.25) is 9.78 Å². The highest BCUT2D eigenvalue weighted by molar-refractivity contribution is 7.89. The molecule has 0 bridgehead atoms. The molecule has 0 saturated heterocycles. The minimum atomic E-state index is -3.81. The van der Waals surface area contributed by atoms with Gasteiger partial charge in [0.05, 0.1) is 5.52 Å². The van der Waals surface area contributed by atoms with Gasteiger partial charge < -0.3 is 14.3 Å². The lowest BCUT2D eigenvalue weighted by Crippen LogP contribution is -2.28. The standard InChI is InChI=1S/C15H16N4O6S/c1-8-14(9(2)25-19-8)26(22,23)16-6-5-13(20)17-10-3-4-11-12(7-10)24-15(21)18-11/h3-4,7,16H,5-6H2,1-2H3,(H,17,20)(H,18,21). The van der Waals surface area contributed by atoms with Crippen molar-refractivity contribution in [2.24, 2.45) is 0 Å². The molecule has 0 aliphatic heterocycles. The number of nitrogens with one attached hydrogen (secondary N) is 3. The maximum Gasteiger partial charge on any atom is 0.417 e. The SMILES string of the molecule is Cc1noc(C)c1S(=O)(=O)NCCC(=O)Nc1ccc2[nH]c(=O)oc2c1. The van der Waals surface area contributed by atoms with E-state index in [9.17, 15) is 18.0 Å². The number of fused-ring (bicyclic) bond motifs is 1. The summed E-state index contributed by atoms with van der Waals surface area (Å²) in [6, 6.07) is 4.69. The molecule has 0 spiro atoms. The Morgan fingerprint density at radius 2 is 2.08 bits per heavy atom. The topological polar surface area (TPSA) is 147 Å². The Morgan fingerprint density at radius 1 is 1.31 bits per heavy atom. The maximum atomic E-state index is 12.2. The number of rotatable bonds is 6. The van der Waals surface area contributed by atoms with Crippen LogP contribution in [-0.4, -0.2) is 31.0 Å². The van der Waals surface area contributed by atoms with Crippen molar-refractivity contribution in [3.05, 3.63) is 40.2 Å².